The molecule has 0 aliphatic heterocycles. The van der Waals surface area contributed by atoms with Crippen molar-refractivity contribution in [2.24, 2.45) is 5.73 Å². The van der Waals surface area contributed by atoms with E-state index in [9.17, 15) is 4.79 Å². The fraction of sp³-hybridized carbons (Fsp3) is 0.500. The first kappa shape index (κ1) is 11.7. The zero-order chi connectivity index (χ0) is 7.86. The summed E-state index contributed by atoms with van der Waals surface area (Å²) in [5.74, 6) is -0.968. The number of carboxylic acid groups (broad SMARTS) is 1. The predicted molar refractivity (Wildman–Crippen MR) is 27.6 cm³/mol. The summed E-state index contributed by atoms with van der Waals surface area (Å²) < 4.78 is 23.3. The standard InChI is InChI=1S/C2H5NO2.H2O3Te/c3-1-2(4)5;1-4(2)3/h1,3H2,(H,4,5);(H2,1,2,3). The van der Waals surface area contributed by atoms with Gasteiger partial charge < -0.3 is 10.8 Å². The third kappa shape index (κ3) is 74.5. The molecule has 0 rings (SSSR count). The predicted octanol–water partition coefficient (Wildman–Crippen LogP) is -2.58. The Hall–Kier alpha value is -0.0604. The number of hydrogen-bond donors (Lipinski definition) is 4. The summed E-state index contributed by atoms with van der Waals surface area (Å²) in [6.07, 6.45) is 0. The van der Waals surface area contributed by atoms with E-state index in [0.29, 0.717) is 0 Å². The molecular weight excluding hydrogens is 246 g/mol. The van der Waals surface area contributed by atoms with E-state index in [-0.39, 0.29) is 6.54 Å². The van der Waals surface area contributed by atoms with Gasteiger partial charge in [0.15, 0.2) is 0 Å². The fourth-order valence-electron chi connectivity index (χ4n) is 0. The third-order valence-electron chi connectivity index (χ3n) is 0.175. The van der Waals surface area contributed by atoms with Gasteiger partial charge in [-0.1, -0.05) is 0 Å². The summed E-state index contributed by atoms with van der Waals surface area (Å²) in [4.78, 5) is 9.24. The quantitative estimate of drug-likeness (QED) is 0.380. The number of nitrogens with two attached hydrogens (primary N) is 1. The van der Waals surface area contributed by atoms with Crippen LogP contribution < -0.4 is 5.73 Å². The number of aliphatic carboxylic acids is 1. The van der Waals surface area contributed by atoms with E-state index in [0.717, 1.165) is 0 Å². The molecule has 0 aromatic carbocycles. The Morgan fingerprint density at radius 3 is 1.67 bits per heavy atom. The van der Waals surface area contributed by atoms with E-state index in [1.54, 1.807) is 0 Å². The Bertz CT molecular complexity index is 99.1. The molecule has 56 valence electrons. The van der Waals surface area contributed by atoms with Crippen LogP contribution in [-0.4, -0.2) is 44.9 Å². The van der Waals surface area contributed by atoms with E-state index in [1.807, 2.05) is 0 Å². The van der Waals surface area contributed by atoms with Gasteiger partial charge in [0.1, 0.15) is 0 Å². The van der Waals surface area contributed by atoms with Crippen molar-refractivity contribution in [3.05, 3.63) is 0 Å². The van der Waals surface area contributed by atoms with Crippen LogP contribution in [0.25, 0.3) is 0 Å². The van der Waals surface area contributed by atoms with Crippen LogP contribution in [0.5, 0.6) is 0 Å². The summed E-state index contributed by atoms with van der Waals surface area (Å²) in [5, 5.41) is 7.60. The Kier molecular flexibility index (Phi) is 10.3. The Balaban J connectivity index is 0. The van der Waals surface area contributed by atoms with Crippen molar-refractivity contribution in [3.8, 4) is 0 Å². The van der Waals surface area contributed by atoms with Crippen LogP contribution in [0.2, 0.25) is 0 Å². The summed E-state index contributed by atoms with van der Waals surface area (Å²) in [5.41, 5.74) is 4.57. The second kappa shape index (κ2) is 7.94. The molecule has 0 fully saturated rings. The van der Waals surface area contributed by atoms with E-state index < -0.39 is 26.3 Å². The average molecular weight is 253 g/mol. The maximum absolute atomic E-state index is 9.24. The Morgan fingerprint density at radius 1 is 1.56 bits per heavy atom. The molecule has 0 spiro atoms. The molecule has 0 atom stereocenters. The summed E-state index contributed by atoms with van der Waals surface area (Å²) >= 11 is -3.61. The third-order valence-corrected chi connectivity index (χ3v) is 0.175. The first-order valence-electron chi connectivity index (χ1n) is 1.72. The van der Waals surface area contributed by atoms with Gasteiger partial charge in [0, 0.05) is 0 Å². The van der Waals surface area contributed by atoms with E-state index in [4.69, 9.17) is 15.2 Å². The molecule has 7 heteroatoms. The van der Waals surface area contributed by atoms with Gasteiger partial charge in [-0.15, -0.1) is 0 Å². The Labute approximate surface area is 59.0 Å². The minimum absolute atomic E-state index is 0.278. The SMILES string of the molecule is NCC(=O)O.O=[Te](O)O. The van der Waals surface area contributed by atoms with Gasteiger partial charge in [-0.2, -0.15) is 0 Å². The zero-order valence-electron chi connectivity index (χ0n) is 4.35. The van der Waals surface area contributed by atoms with Crippen molar-refractivity contribution in [3.63, 3.8) is 0 Å². The fourth-order valence-corrected chi connectivity index (χ4v) is 0. The Morgan fingerprint density at radius 2 is 1.67 bits per heavy atom. The second-order valence-electron chi connectivity index (χ2n) is 0.829. The van der Waals surface area contributed by atoms with Crippen LogP contribution in [0, 0.1) is 0 Å². The van der Waals surface area contributed by atoms with E-state index in [1.165, 1.54) is 0 Å². The van der Waals surface area contributed by atoms with E-state index in [2.05, 4.69) is 5.73 Å². The molecule has 0 aliphatic rings. The zero-order valence-corrected chi connectivity index (χ0v) is 6.68. The minimum atomic E-state index is -3.61. The molecular formula is C2H7NO5Te. The van der Waals surface area contributed by atoms with Gasteiger partial charge in [0.05, 0.1) is 6.54 Å². The van der Waals surface area contributed by atoms with Crippen molar-refractivity contribution in [1.29, 1.82) is 0 Å². The molecule has 0 aromatic rings. The van der Waals surface area contributed by atoms with Crippen LogP contribution in [0.15, 0.2) is 0 Å². The number of hydrogen-bond acceptors (Lipinski definition) is 3. The first-order chi connectivity index (χ1) is 4.00. The molecule has 0 heterocycles. The molecule has 0 saturated heterocycles. The van der Waals surface area contributed by atoms with Crippen molar-refractivity contribution in [1.82, 2.24) is 0 Å². The topological polar surface area (TPSA) is 121 Å². The molecule has 6 nitrogen and oxygen atoms in total. The van der Waals surface area contributed by atoms with Crippen molar-refractivity contribution >= 4 is 26.3 Å². The molecule has 9 heavy (non-hydrogen) atoms. The van der Waals surface area contributed by atoms with Crippen molar-refractivity contribution in [2.75, 3.05) is 6.54 Å². The van der Waals surface area contributed by atoms with Gasteiger partial charge in [0.25, 0.3) is 0 Å². The monoisotopic (exact) mass is 255 g/mol. The van der Waals surface area contributed by atoms with Crippen LogP contribution >= 0.6 is 0 Å². The normalized spacial score (nSPS) is 8.00. The van der Waals surface area contributed by atoms with Crippen molar-refractivity contribution in [2.45, 2.75) is 0 Å². The van der Waals surface area contributed by atoms with Gasteiger partial charge in [0.2, 0.25) is 0 Å². The van der Waals surface area contributed by atoms with Gasteiger partial charge in [-0.25, -0.2) is 0 Å². The molecule has 5 N–H and O–H groups in total. The second-order valence-corrected chi connectivity index (χ2v) is 2.15. The van der Waals surface area contributed by atoms with Crippen LogP contribution in [0.3, 0.4) is 0 Å². The maximum atomic E-state index is 9.24. The van der Waals surface area contributed by atoms with Gasteiger partial charge in [-0.3, -0.25) is 4.79 Å². The van der Waals surface area contributed by atoms with Crippen LogP contribution in [-0.2, 0) is 7.90 Å². The molecule has 0 radical (unpaired) electrons. The molecule has 0 bridgehead atoms. The molecule has 0 amide bonds. The summed E-state index contributed by atoms with van der Waals surface area (Å²) in [6.45, 7) is -0.278. The van der Waals surface area contributed by atoms with Crippen molar-refractivity contribution < 1.29 is 19.9 Å². The van der Waals surface area contributed by atoms with Crippen LogP contribution in [0.1, 0.15) is 0 Å². The first-order valence-corrected chi connectivity index (χ1v) is 4.76. The number of carboxylic acids is 1. The number of carbonyl (C=O) groups is 1. The molecule has 0 unspecified atom stereocenters. The number of rotatable bonds is 1. The van der Waals surface area contributed by atoms with Gasteiger partial charge in [-0.05, 0) is 0 Å². The van der Waals surface area contributed by atoms with Crippen LogP contribution in [0.4, 0.5) is 0 Å². The summed E-state index contributed by atoms with van der Waals surface area (Å²) in [7, 11) is 0. The molecule has 0 saturated carbocycles. The molecule has 0 aliphatic carbocycles. The molecule has 0 aromatic heterocycles. The van der Waals surface area contributed by atoms with Gasteiger partial charge >= 0.3 is 36.4 Å². The van der Waals surface area contributed by atoms with E-state index >= 15 is 0 Å². The summed E-state index contributed by atoms with van der Waals surface area (Å²) in [6, 6.07) is 0. The average Bonchev–Trinajstić information content (AvgIpc) is 1.65.